The van der Waals surface area contributed by atoms with Gasteiger partial charge in [-0.15, -0.1) is 0 Å². The van der Waals surface area contributed by atoms with Gasteiger partial charge in [0, 0.05) is 17.1 Å². The number of alkyl halides is 3. The minimum atomic E-state index is -5.15. The van der Waals surface area contributed by atoms with Gasteiger partial charge in [0.25, 0.3) is 5.78 Å². The second-order valence-electron chi connectivity index (χ2n) is 3.97. The van der Waals surface area contributed by atoms with Gasteiger partial charge in [-0.1, -0.05) is 12.1 Å². The molecule has 1 aromatic heterocycles. The summed E-state index contributed by atoms with van der Waals surface area (Å²) in [4.78, 5) is 11.2. The number of ketones is 1. The summed E-state index contributed by atoms with van der Waals surface area (Å²) in [7, 11) is 0. The molecule has 0 atom stereocenters. The average Bonchev–Trinajstić information content (AvgIpc) is 2.63. The molecule has 1 N–H and O–H groups in total. The Labute approximate surface area is 126 Å². The number of carbonyl (C=O) groups excluding carboxylic acids is 1. The molecule has 0 aliphatic carbocycles. The molecular weight excluding hydrogens is 335 g/mol. The largest absolute Gasteiger partial charge is 0.493 e. The van der Waals surface area contributed by atoms with E-state index in [2.05, 4.69) is 5.10 Å². The van der Waals surface area contributed by atoms with Gasteiger partial charge in [-0.05, 0) is 19.1 Å². The summed E-state index contributed by atoms with van der Waals surface area (Å²) in [6, 6.07) is 5.05. The van der Waals surface area contributed by atoms with Gasteiger partial charge < -0.3 is 5.11 Å². The Kier molecular flexibility index (Phi) is 4.80. The molecule has 0 aliphatic rings. The molecule has 4 nitrogen and oxygen atoms in total. The van der Waals surface area contributed by atoms with E-state index in [4.69, 9.17) is 0 Å². The van der Waals surface area contributed by atoms with Crippen molar-refractivity contribution in [2.24, 2.45) is 0 Å². The van der Waals surface area contributed by atoms with E-state index in [0.717, 1.165) is 13.0 Å². The van der Waals surface area contributed by atoms with Crippen LogP contribution in [0.3, 0.4) is 0 Å². The van der Waals surface area contributed by atoms with Gasteiger partial charge in [0.1, 0.15) is 17.1 Å². The van der Waals surface area contributed by atoms with E-state index in [1.165, 1.54) is 18.2 Å². The molecule has 2 rings (SSSR count). The monoisotopic (exact) mass is 343 g/mol. The van der Waals surface area contributed by atoms with Crippen LogP contribution in [0.15, 0.2) is 24.3 Å². The molecule has 1 aromatic carbocycles. The molecule has 2 aromatic rings. The molecular formula is C12H8F4MnN2O2. The first kappa shape index (κ1) is 17.2. The maximum Gasteiger partial charge on any atom is 0.455 e. The summed E-state index contributed by atoms with van der Waals surface area (Å²) in [6.45, 7) is 1.12. The molecule has 0 unspecified atom stereocenters. The van der Waals surface area contributed by atoms with Crippen molar-refractivity contribution in [1.29, 1.82) is 0 Å². The summed E-state index contributed by atoms with van der Waals surface area (Å²) in [5.74, 6) is -4.07. The summed E-state index contributed by atoms with van der Waals surface area (Å²) < 4.78 is 51.4. The topological polar surface area (TPSA) is 55.1 Å². The third-order valence-corrected chi connectivity index (χ3v) is 2.60. The van der Waals surface area contributed by atoms with Crippen LogP contribution in [0.2, 0.25) is 0 Å². The van der Waals surface area contributed by atoms with E-state index in [1.807, 2.05) is 0 Å². The molecule has 0 saturated carbocycles. The van der Waals surface area contributed by atoms with Gasteiger partial charge in [-0.25, -0.2) is 4.39 Å². The zero-order chi connectivity index (χ0) is 15.1. The molecule has 1 heterocycles. The van der Waals surface area contributed by atoms with E-state index in [1.54, 1.807) is 0 Å². The van der Waals surface area contributed by atoms with Crippen LogP contribution in [0, 0.1) is 12.7 Å². The Balaban J connectivity index is 0.00000220. The van der Waals surface area contributed by atoms with Crippen LogP contribution in [0.1, 0.15) is 16.1 Å². The number of aromatic hydroxyl groups is 1. The van der Waals surface area contributed by atoms with Gasteiger partial charge in [0.2, 0.25) is 5.88 Å². The quantitative estimate of drug-likeness (QED) is 0.518. The predicted molar refractivity (Wildman–Crippen MR) is 60.3 cm³/mol. The van der Waals surface area contributed by atoms with Crippen molar-refractivity contribution in [2.45, 2.75) is 13.1 Å². The normalized spacial score (nSPS) is 11.1. The van der Waals surface area contributed by atoms with Crippen LogP contribution < -0.4 is 0 Å². The second-order valence-corrected chi connectivity index (χ2v) is 3.97. The van der Waals surface area contributed by atoms with Crippen LogP contribution in [-0.4, -0.2) is 26.8 Å². The summed E-state index contributed by atoms with van der Waals surface area (Å²) >= 11 is 0. The minimum absolute atomic E-state index is 0. The maximum absolute atomic E-state index is 13.6. The number of aromatic nitrogens is 2. The van der Waals surface area contributed by atoms with Crippen molar-refractivity contribution in [3.8, 4) is 11.6 Å². The molecule has 0 aliphatic heterocycles. The molecule has 113 valence electrons. The first-order valence-corrected chi connectivity index (χ1v) is 5.38. The SMILES string of the molecule is Cc1nn(-c2ccccc2F)c(O)c1C(=O)C(F)(F)F.[Mn]. The van der Waals surface area contributed by atoms with Crippen molar-refractivity contribution >= 4 is 5.78 Å². The number of aryl methyl sites for hydroxylation is 1. The molecule has 1 radical (unpaired) electrons. The summed E-state index contributed by atoms with van der Waals surface area (Å²) in [5, 5.41) is 13.3. The predicted octanol–water partition coefficient (Wildman–Crippen LogP) is 2.77. The van der Waals surface area contributed by atoms with E-state index in [0.29, 0.717) is 4.68 Å². The number of rotatable bonds is 2. The Hall–Kier alpha value is -1.86. The zero-order valence-electron chi connectivity index (χ0n) is 10.4. The van der Waals surface area contributed by atoms with E-state index in [9.17, 15) is 27.5 Å². The van der Waals surface area contributed by atoms with Gasteiger partial charge >= 0.3 is 6.18 Å². The average molecular weight is 343 g/mol. The van der Waals surface area contributed by atoms with Crippen LogP contribution in [-0.2, 0) is 17.1 Å². The van der Waals surface area contributed by atoms with E-state index >= 15 is 0 Å². The smallest absolute Gasteiger partial charge is 0.455 e. The number of Topliss-reactive ketones (excluding diaryl/α,β-unsaturated/α-hetero) is 1. The summed E-state index contributed by atoms with van der Waals surface area (Å²) in [6.07, 6.45) is -5.15. The van der Waals surface area contributed by atoms with Crippen LogP contribution in [0.4, 0.5) is 17.6 Å². The van der Waals surface area contributed by atoms with Crippen LogP contribution in [0.5, 0.6) is 5.88 Å². The number of carbonyl (C=O) groups is 1. The van der Waals surface area contributed by atoms with Crippen LogP contribution >= 0.6 is 0 Å². The number of nitrogens with zero attached hydrogens (tertiary/aromatic N) is 2. The molecule has 0 fully saturated rings. The molecule has 9 heteroatoms. The minimum Gasteiger partial charge on any atom is -0.493 e. The number of halogens is 4. The Bertz CT molecular complexity index is 682. The van der Waals surface area contributed by atoms with Gasteiger partial charge in [0.15, 0.2) is 0 Å². The third-order valence-electron chi connectivity index (χ3n) is 2.60. The first-order valence-electron chi connectivity index (χ1n) is 5.38. The molecule has 0 spiro atoms. The third kappa shape index (κ3) is 3.08. The Morgan fingerprint density at radius 2 is 1.86 bits per heavy atom. The standard InChI is InChI=1S/C12H8F4N2O2.Mn/c1-6-9(10(19)12(14,15)16)11(20)18(17-6)8-5-3-2-4-7(8)13;/h2-5,20H,1H3;. The van der Waals surface area contributed by atoms with Gasteiger partial charge in [0.05, 0.1) is 5.69 Å². The van der Waals surface area contributed by atoms with E-state index < -0.39 is 29.2 Å². The molecule has 21 heavy (non-hydrogen) atoms. The zero-order valence-corrected chi connectivity index (χ0v) is 11.6. The molecule has 0 amide bonds. The van der Waals surface area contributed by atoms with Gasteiger partial charge in [-0.2, -0.15) is 23.0 Å². The molecule has 0 saturated heterocycles. The van der Waals surface area contributed by atoms with Gasteiger partial charge in [-0.3, -0.25) is 4.79 Å². The van der Waals surface area contributed by atoms with Crippen molar-refractivity contribution in [3.63, 3.8) is 0 Å². The second kappa shape index (κ2) is 5.87. The van der Waals surface area contributed by atoms with Crippen molar-refractivity contribution < 1.29 is 44.5 Å². The number of para-hydroxylation sites is 1. The van der Waals surface area contributed by atoms with Crippen molar-refractivity contribution in [3.05, 3.63) is 41.3 Å². The number of hydrogen-bond acceptors (Lipinski definition) is 3. The number of hydrogen-bond donors (Lipinski definition) is 1. The van der Waals surface area contributed by atoms with Crippen LogP contribution in [0.25, 0.3) is 5.69 Å². The van der Waals surface area contributed by atoms with Crippen molar-refractivity contribution in [1.82, 2.24) is 9.78 Å². The fourth-order valence-corrected chi connectivity index (χ4v) is 1.71. The fraction of sp³-hybridized carbons (Fsp3) is 0.167. The summed E-state index contributed by atoms with van der Waals surface area (Å²) in [5.41, 5.74) is -1.58. The fourth-order valence-electron chi connectivity index (χ4n) is 1.71. The number of benzene rings is 1. The Morgan fingerprint density at radius 1 is 1.29 bits per heavy atom. The molecule has 0 bridgehead atoms. The van der Waals surface area contributed by atoms with Crippen molar-refractivity contribution in [2.75, 3.05) is 0 Å². The Morgan fingerprint density at radius 3 is 2.38 bits per heavy atom. The maximum atomic E-state index is 13.6. The van der Waals surface area contributed by atoms with E-state index in [-0.39, 0.29) is 28.4 Å². The first-order chi connectivity index (χ1) is 9.23.